The number of hydrogen-bond donors (Lipinski definition) is 1. The van der Waals surface area contributed by atoms with Gasteiger partial charge in [-0.15, -0.1) is 0 Å². The summed E-state index contributed by atoms with van der Waals surface area (Å²) in [5.74, 6) is 0.0911. The van der Waals surface area contributed by atoms with Crippen molar-refractivity contribution in [2.75, 3.05) is 5.33 Å². The molecule has 4 heteroatoms. The molecule has 0 aliphatic rings. The van der Waals surface area contributed by atoms with E-state index in [2.05, 4.69) is 26.2 Å². The molecular formula is C11H15BrN2O. The summed E-state index contributed by atoms with van der Waals surface area (Å²) in [6.45, 7) is 2.01. The van der Waals surface area contributed by atoms with Gasteiger partial charge >= 0.3 is 0 Å². The van der Waals surface area contributed by atoms with Crippen molar-refractivity contribution < 1.29 is 4.79 Å². The van der Waals surface area contributed by atoms with Crippen molar-refractivity contribution in [2.45, 2.75) is 25.8 Å². The van der Waals surface area contributed by atoms with Crippen LogP contribution in [0.5, 0.6) is 0 Å². The van der Waals surface area contributed by atoms with Gasteiger partial charge in [-0.05, 0) is 31.0 Å². The number of nitrogens with one attached hydrogen (secondary N) is 1. The molecule has 0 saturated carbocycles. The van der Waals surface area contributed by atoms with Crippen LogP contribution in [0.2, 0.25) is 0 Å². The highest BCUT2D eigenvalue weighted by Gasteiger charge is 2.06. The number of hydrogen-bond acceptors (Lipinski definition) is 2. The second-order valence-electron chi connectivity index (χ2n) is 3.47. The van der Waals surface area contributed by atoms with E-state index in [1.165, 1.54) is 5.56 Å². The topological polar surface area (TPSA) is 42.0 Å². The number of nitrogens with zero attached hydrogens (tertiary/aromatic N) is 1. The van der Waals surface area contributed by atoms with E-state index >= 15 is 0 Å². The Kier molecular flexibility index (Phi) is 5.32. The van der Waals surface area contributed by atoms with Crippen LogP contribution in [0.25, 0.3) is 0 Å². The normalized spacial score (nSPS) is 12.1. The van der Waals surface area contributed by atoms with Crippen molar-refractivity contribution in [2.24, 2.45) is 0 Å². The van der Waals surface area contributed by atoms with E-state index in [4.69, 9.17) is 0 Å². The largest absolute Gasteiger partial charge is 0.353 e. The zero-order valence-electron chi connectivity index (χ0n) is 8.74. The van der Waals surface area contributed by atoms with Crippen LogP contribution >= 0.6 is 15.9 Å². The fourth-order valence-electron chi connectivity index (χ4n) is 1.36. The monoisotopic (exact) mass is 270 g/mol. The summed E-state index contributed by atoms with van der Waals surface area (Å²) in [5.41, 5.74) is 1.19. The summed E-state index contributed by atoms with van der Waals surface area (Å²) in [6.07, 6.45) is 4.90. The van der Waals surface area contributed by atoms with Crippen LogP contribution in [0.4, 0.5) is 0 Å². The number of aromatic nitrogens is 1. The minimum atomic E-state index is 0.0911. The van der Waals surface area contributed by atoms with Crippen LogP contribution in [-0.4, -0.2) is 22.3 Å². The summed E-state index contributed by atoms with van der Waals surface area (Å²) in [4.78, 5) is 15.2. The van der Waals surface area contributed by atoms with Crippen LogP contribution in [0.1, 0.15) is 18.9 Å². The van der Waals surface area contributed by atoms with Crippen molar-refractivity contribution in [3.8, 4) is 0 Å². The van der Waals surface area contributed by atoms with Gasteiger partial charge in [0.25, 0.3) is 0 Å². The first-order valence-corrected chi connectivity index (χ1v) is 6.08. The van der Waals surface area contributed by atoms with Gasteiger partial charge < -0.3 is 5.32 Å². The first kappa shape index (κ1) is 12.2. The molecule has 0 fully saturated rings. The molecular weight excluding hydrogens is 256 g/mol. The Bertz CT molecular complexity index is 303. The van der Waals surface area contributed by atoms with Gasteiger partial charge in [0.2, 0.25) is 5.91 Å². The zero-order valence-corrected chi connectivity index (χ0v) is 10.3. The van der Waals surface area contributed by atoms with Gasteiger partial charge in [0, 0.05) is 30.2 Å². The molecule has 0 spiro atoms. The lowest BCUT2D eigenvalue weighted by molar-refractivity contribution is -0.121. The first-order chi connectivity index (χ1) is 7.22. The number of carbonyl (C=O) groups is 1. The smallest absolute Gasteiger partial charge is 0.221 e. The Morgan fingerprint density at radius 1 is 1.53 bits per heavy atom. The molecule has 0 radical (unpaired) electrons. The van der Waals surface area contributed by atoms with E-state index in [-0.39, 0.29) is 11.9 Å². The fourth-order valence-corrected chi connectivity index (χ4v) is 1.72. The van der Waals surface area contributed by atoms with E-state index in [0.29, 0.717) is 11.8 Å². The van der Waals surface area contributed by atoms with Gasteiger partial charge in [0.05, 0.1) is 0 Å². The van der Waals surface area contributed by atoms with E-state index in [1.54, 1.807) is 12.4 Å². The van der Waals surface area contributed by atoms with Crippen molar-refractivity contribution in [3.05, 3.63) is 30.1 Å². The molecule has 0 aliphatic carbocycles. The SMILES string of the molecule is CC(Cc1ccncc1)NC(=O)CCBr. The van der Waals surface area contributed by atoms with Gasteiger partial charge in [-0.25, -0.2) is 0 Å². The average molecular weight is 271 g/mol. The molecule has 1 unspecified atom stereocenters. The van der Waals surface area contributed by atoms with Crippen LogP contribution in [0.15, 0.2) is 24.5 Å². The summed E-state index contributed by atoms with van der Waals surface area (Å²) in [7, 11) is 0. The lowest BCUT2D eigenvalue weighted by Gasteiger charge is -2.13. The van der Waals surface area contributed by atoms with Crippen molar-refractivity contribution in [3.63, 3.8) is 0 Å². The number of pyridine rings is 1. The molecule has 1 rings (SSSR count). The Hall–Kier alpha value is -0.900. The van der Waals surface area contributed by atoms with Gasteiger partial charge in [0.15, 0.2) is 0 Å². The lowest BCUT2D eigenvalue weighted by Crippen LogP contribution is -2.34. The number of alkyl halides is 1. The van der Waals surface area contributed by atoms with E-state index in [0.717, 1.165) is 6.42 Å². The number of amides is 1. The maximum atomic E-state index is 11.3. The Labute approximate surface area is 98.4 Å². The summed E-state index contributed by atoms with van der Waals surface area (Å²) < 4.78 is 0. The van der Waals surface area contributed by atoms with E-state index in [9.17, 15) is 4.79 Å². The molecule has 1 heterocycles. The fraction of sp³-hybridized carbons (Fsp3) is 0.455. The van der Waals surface area contributed by atoms with Gasteiger partial charge in [-0.2, -0.15) is 0 Å². The third-order valence-electron chi connectivity index (χ3n) is 2.02. The average Bonchev–Trinajstić information content (AvgIpc) is 2.19. The Morgan fingerprint density at radius 3 is 2.80 bits per heavy atom. The molecule has 0 saturated heterocycles. The first-order valence-electron chi connectivity index (χ1n) is 4.96. The zero-order chi connectivity index (χ0) is 11.1. The highest BCUT2D eigenvalue weighted by atomic mass is 79.9. The summed E-state index contributed by atoms with van der Waals surface area (Å²) >= 11 is 3.24. The van der Waals surface area contributed by atoms with E-state index < -0.39 is 0 Å². The highest BCUT2D eigenvalue weighted by Crippen LogP contribution is 2.01. The van der Waals surface area contributed by atoms with Crippen molar-refractivity contribution in [1.29, 1.82) is 0 Å². The molecule has 15 heavy (non-hydrogen) atoms. The van der Waals surface area contributed by atoms with Crippen LogP contribution < -0.4 is 5.32 Å². The summed E-state index contributed by atoms with van der Waals surface area (Å²) in [6, 6.07) is 4.10. The third kappa shape index (κ3) is 4.93. The maximum absolute atomic E-state index is 11.3. The second-order valence-corrected chi connectivity index (χ2v) is 4.26. The van der Waals surface area contributed by atoms with Crippen molar-refractivity contribution in [1.82, 2.24) is 10.3 Å². The molecule has 3 nitrogen and oxygen atoms in total. The molecule has 1 atom stereocenters. The number of halogens is 1. The minimum Gasteiger partial charge on any atom is -0.353 e. The molecule has 0 bridgehead atoms. The molecule has 1 amide bonds. The predicted octanol–water partition coefficient (Wildman–Crippen LogP) is 1.91. The van der Waals surface area contributed by atoms with Crippen LogP contribution in [0, 0.1) is 0 Å². The van der Waals surface area contributed by atoms with Crippen LogP contribution in [0.3, 0.4) is 0 Å². The quantitative estimate of drug-likeness (QED) is 0.831. The molecule has 82 valence electrons. The molecule has 0 aliphatic heterocycles. The standard InChI is InChI=1S/C11H15BrN2O/c1-9(14-11(15)2-5-12)8-10-3-6-13-7-4-10/h3-4,6-7,9H,2,5,8H2,1H3,(H,14,15). The van der Waals surface area contributed by atoms with Gasteiger partial charge in [-0.1, -0.05) is 15.9 Å². The maximum Gasteiger partial charge on any atom is 0.221 e. The third-order valence-corrected chi connectivity index (χ3v) is 2.42. The molecule has 1 N–H and O–H groups in total. The lowest BCUT2D eigenvalue weighted by atomic mass is 10.1. The summed E-state index contributed by atoms with van der Waals surface area (Å²) in [5, 5.41) is 3.65. The van der Waals surface area contributed by atoms with E-state index in [1.807, 2.05) is 19.1 Å². The van der Waals surface area contributed by atoms with Crippen LogP contribution in [-0.2, 0) is 11.2 Å². The Balaban J connectivity index is 2.36. The highest BCUT2D eigenvalue weighted by molar-refractivity contribution is 9.09. The minimum absolute atomic E-state index is 0.0911. The van der Waals surface area contributed by atoms with Gasteiger partial charge in [0.1, 0.15) is 0 Å². The molecule has 1 aromatic rings. The van der Waals surface area contributed by atoms with Crippen molar-refractivity contribution >= 4 is 21.8 Å². The number of rotatable bonds is 5. The predicted molar refractivity (Wildman–Crippen MR) is 64.0 cm³/mol. The Morgan fingerprint density at radius 2 is 2.20 bits per heavy atom. The second kappa shape index (κ2) is 6.56. The van der Waals surface area contributed by atoms with Gasteiger partial charge in [-0.3, -0.25) is 9.78 Å². The molecule has 1 aromatic heterocycles. The molecule has 0 aromatic carbocycles. The number of carbonyl (C=O) groups excluding carboxylic acids is 1.